The summed E-state index contributed by atoms with van der Waals surface area (Å²) >= 11 is 0. The highest BCUT2D eigenvalue weighted by Gasteiger charge is 2.18. The largest absolute Gasteiger partial charge is 0.462 e. The van der Waals surface area contributed by atoms with Crippen LogP contribution in [-0.2, 0) is 28.7 Å². The van der Waals surface area contributed by atoms with Crippen molar-refractivity contribution in [3.05, 3.63) is 12.2 Å². The summed E-state index contributed by atoms with van der Waals surface area (Å²) in [5.41, 5.74) is 0. The van der Waals surface area contributed by atoms with Gasteiger partial charge in [0.2, 0.25) is 0 Å². The number of esters is 1. The first kappa shape index (κ1) is 19.9. The van der Waals surface area contributed by atoms with Crippen LogP contribution < -0.4 is 0 Å². The summed E-state index contributed by atoms with van der Waals surface area (Å²) in [6.07, 6.45) is 4.61. The zero-order valence-corrected chi connectivity index (χ0v) is 14.0. The molecule has 0 saturated heterocycles. The van der Waals surface area contributed by atoms with E-state index in [2.05, 4.69) is 0 Å². The fourth-order valence-corrected chi connectivity index (χ4v) is 2.43. The summed E-state index contributed by atoms with van der Waals surface area (Å²) in [6, 6.07) is 0. The van der Waals surface area contributed by atoms with Crippen molar-refractivity contribution in [3.8, 4) is 0 Å². The number of Topliss-reactive ketones (excluding diaryl/α,β-unsaturated/α-hetero) is 3. The van der Waals surface area contributed by atoms with E-state index in [9.17, 15) is 24.0 Å². The molecule has 0 radical (unpaired) electrons. The average Bonchev–Trinajstić information content (AvgIpc) is 2.45. The SMILES string of the molecule is C[C@H]1CCCC(=O)CCC/C=C/C(=O)CC(=O)CC(=O)CC(=O)O1. The second-order valence-corrected chi connectivity index (χ2v) is 6.10. The van der Waals surface area contributed by atoms with E-state index >= 15 is 0 Å². The fourth-order valence-electron chi connectivity index (χ4n) is 2.43. The quantitative estimate of drug-likeness (QED) is 0.497. The Labute approximate surface area is 141 Å². The molecule has 0 spiro atoms. The molecule has 0 N–H and O–H groups in total. The molecule has 132 valence electrons. The van der Waals surface area contributed by atoms with E-state index in [0.717, 1.165) is 0 Å². The number of ether oxygens (including phenoxy) is 1. The Morgan fingerprint density at radius 3 is 2.29 bits per heavy atom. The fraction of sp³-hybridized carbons (Fsp3) is 0.611. The van der Waals surface area contributed by atoms with Crippen LogP contribution in [-0.4, -0.2) is 35.2 Å². The molecule has 0 unspecified atom stereocenters. The van der Waals surface area contributed by atoms with Gasteiger partial charge in [-0.25, -0.2) is 0 Å². The van der Waals surface area contributed by atoms with Crippen molar-refractivity contribution in [1.29, 1.82) is 0 Å². The van der Waals surface area contributed by atoms with Crippen molar-refractivity contribution in [2.24, 2.45) is 0 Å². The monoisotopic (exact) mass is 336 g/mol. The molecule has 0 saturated carbocycles. The molecule has 24 heavy (non-hydrogen) atoms. The predicted molar refractivity (Wildman–Crippen MR) is 86.3 cm³/mol. The standard InChI is InChI=1S/C18H24O6/c1-13-6-5-9-14(19)7-3-2-4-8-15(20)10-16(21)11-17(22)12-18(23)24-13/h4,8,13H,2-3,5-7,9-12H2,1H3/b8-4+/t13-/m0/s1. The molecule has 0 aromatic carbocycles. The smallest absolute Gasteiger partial charge is 0.313 e. The number of cyclic esters (lactones) is 1. The Balaban J connectivity index is 2.64. The number of carbonyl (C=O) groups is 5. The van der Waals surface area contributed by atoms with Gasteiger partial charge in [0.1, 0.15) is 18.0 Å². The zero-order valence-electron chi connectivity index (χ0n) is 14.0. The van der Waals surface area contributed by atoms with E-state index in [1.165, 1.54) is 6.08 Å². The van der Waals surface area contributed by atoms with E-state index < -0.39 is 30.4 Å². The summed E-state index contributed by atoms with van der Waals surface area (Å²) in [5.74, 6) is -1.98. The summed E-state index contributed by atoms with van der Waals surface area (Å²) in [5, 5.41) is 0. The molecular weight excluding hydrogens is 312 g/mol. The Hall–Kier alpha value is -2.11. The van der Waals surface area contributed by atoms with Crippen LogP contribution in [0.5, 0.6) is 0 Å². The maximum Gasteiger partial charge on any atom is 0.313 e. The Kier molecular flexibility index (Phi) is 8.83. The third-order valence-corrected chi connectivity index (χ3v) is 3.64. The maximum absolute atomic E-state index is 11.7. The van der Waals surface area contributed by atoms with Crippen LogP contribution in [0.3, 0.4) is 0 Å². The van der Waals surface area contributed by atoms with Gasteiger partial charge in [-0.05, 0) is 38.7 Å². The normalized spacial score (nSPS) is 24.9. The molecule has 0 bridgehead atoms. The van der Waals surface area contributed by atoms with E-state index in [4.69, 9.17) is 4.74 Å². The van der Waals surface area contributed by atoms with Gasteiger partial charge in [-0.15, -0.1) is 0 Å². The van der Waals surface area contributed by atoms with Crippen LogP contribution in [0, 0.1) is 0 Å². The first-order valence-electron chi connectivity index (χ1n) is 8.30. The summed E-state index contributed by atoms with van der Waals surface area (Å²) in [7, 11) is 0. The molecule has 1 rings (SSSR count). The van der Waals surface area contributed by atoms with Crippen LogP contribution in [0.15, 0.2) is 12.2 Å². The van der Waals surface area contributed by atoms with Crippen molar-refractivity contribution in [1.82, 2.24) is 0 Å². The van der Waals surface area contributed by atoms with Gasteiger partial charge < -0.3 is 4.74 Å². The van der Waals surface area contributed by atoms with Gasteiger partial charge in [0.05, 0.1) is 18.9 Å². The van der Waals surface area contributed by atoms with Crippen molar-refractivity contribution < 1.29 is 28.7 Å². The van der Waals surface area contributed by atoms with Crippen molar-refractivity contribution in [3.63, 3.8) is 0 Å². The van der Waals surface area contributed by atoms with Gasteiger partial charge in [0.15, 0.2) is 11.6 Å². The van der Waals surface area contributed by atoms with Gasteiger partial charge in [-0.3, -0.25) is 24.0 Å². The summed E-state index contributed by atoms with van der Waals surface area (Å²) < 4.78 is 5.10. The van der Waals surface area contributed by atoms with Gasteiger partial charge in [-0.1, -0.05) is 6.08 Å². The molecule has 6 heteroatoms. The van der Waals surface area contributed by atoms with Gasteiger partial charge in [0, 0.05) is 12.8 Å². The number of allylic oxidation sites excluding steroid dienone is 2. The van der Waals surface area contributed by atoms with E-state index in [0.29, 0.717) is 38.5 Å². The molecule has 6 nitrogen and oxygen atoms in total. The average molecular weight is 336 g/mol. The maximum atomic E-state index is 11.7. The molecule has 1 heterocycles. The Morgan fingerprint density at radius 1 is 0.875 bits per heavy atom. The van der Waals surface area contributed by atoms with Crippen LogP contribution >= 0.6 is 0 Å². The number of carbonyl (C=O) groups excluding carboxylic acids is 5. The third-order valence-electron chi connectivity index (χ3n) is 3.64. The van der Waals surface area contributed by atoms with Gasteiger partial charge in [-0.2, -0.15) is 0 Å². The Morgan fingerprint density at radius 2 is 1.54 bits per heavy atom. The second kappa shape index (κ2) is 10.6. The predicted octanol–water partition coefficient (Wildman–Crippen LogP) is 2.28. The first-order chi connectivity index (χ1) is 11.4. The molecule has 1 aliphatic heterocycles. The minimum absolute atomic E-state index is 0.139. The highest BCUT2D eigenvalue weighted by molar-refractivity contribution is 6.12. The Bertz CT molecular complexity index is 532. The lowest BCUT2D eigenvalue weighted by molar-refractivity contribution is -0.150. The molecule has 0 aliphatic carbocycles. The zero-order chi connectivity index (χ0) is 17.9. The highest BCUT2D eigenvalue weighted by Crippen LogP contribution is 2.10. The lowest BCUT2D eigenvalue weighted by Gasteiger charge is -2.12. The lowest BCUT2D eigenvalue weighted by atomic mass is 10.0. The molecule has 0 aromatic rings. The number of ketones is 4. The van der Waals surface area contributed by atoms with Crippen LogP contribution in [0.25, 0.3) is 0 Å². The topological polar surface area (TPSA) is 94.6 Å². The molecule has 1 aliphatic rings. The third kappa shape index (κ3) is 9.12. The number of hydrogen-bond donors (Lipinski definition) is 0. The summed E-state index contributed by atoms with van der Waals surface area (Å²) in [6.45, 7) is 1.71. The number of hydrogen-bond acceptors (Lipinski definition) is 6. The molecule has 0 aromatic heterocycles. The van der Waals surface area contributed by atoms with Crippen LogP contribution in [0.4, 0.5) is 0 Å². The molecule has 0 fully saturated rings. The van der Waals surface area contributed by atoms with Crippen molar-refractivity contribution >= 4 is 29.1 Å². The van der Waals surface area contributed by atoms with E-state index in [1.54, 1.807) is 13.0 Å². The van der Waals surface area contributed by atoms with Gasteiger partial charge in [0.25, 0.3) is 0 Å². The summed E-state index contributed by atoms with van der Waals surface area (Å²) in [4.78, 5) is 58.2. The minimum Gasteiger partial charge on any atom is -0.462 e. The van der Waals surface area contributed by atoms with E-state index in [1.807, 2.05) is 0 Å². The van der Waals surface area contributed by atoms with Gasteiger partial charge >= 0.3 is 5.97 Å². The molecular formula is C18H24O6. The first-order valence-corrected chi connectivity index (χ1v) is 8.30. The molecule has 0 amide bonds. The van der Waals surface area contributed by atoms with Crippen LogP contribution in [0.2, 0.25) is 0 Å². The lowest BCUT2D eigenvalue weighted by Crippen LogP contribution is -2.20. The molecule has 1 atom stereocenters. The van der Waals surface area contributed by atoms with Crippen LogP contribution in [0.1, 0.15) is 64.7 Å². The number of rotatable bonds is 0. The second-order valence-electron chi connectivity index (χ2n) is 6.10. The minimum atomic E-state index is -0.682. The van der Waals surface area contributed by atoms with Crippen molar-refractivity contribution in [2.75, 3.05) is 0 Å². The highest BCUT2D eigenvalue weighted by atomic mass is 16.5. The van der Waals surface area contributed by atoms with Crippen molar-refractivity contribution in [2.45, 2.75) is 70.8 Å². The van der Waals surface area contributed by atoms with E-state index in [-0.39, 0.29) is 24.1 Å².